The number of hydrogen-bond donors (Lipinski definition) is 1. The summed E-state index contributed by atoms with van der Waals surface area (Å²) in [5, 5.41) is 5.69. The van der Waals surface area contributed by atoms with Crippen LogP contribution in [0.15, 0.2) is 33.6 Å². The smallest absolute Gasteiger partial charge is 0.128 e. The van der Waals surface area contributed by atoms with E-state index in [1.165, 1.54) is 14.9 Å². The topological polar surface area (TPSA) is 28.2 Å². The van der Waals surface area contributed by atoms with Crippen LogP contribution in [0.2, 0.25) is 0 Å². The molecule has 0 saturated heterocycles. The average molecular weight is 368 g/mol. The Morgan fingerprint density at radius 2 is 2.24 bits per heavy atom. The predicted octanol–water partition coefficient (Wildman–Crippen LogP) is 4.60. The summed E-state index contributed by atoms with van der Waals surface area (Å²) < 4.78 is 1.17. The monoisotopic (exact) mass is 367 g/mol. The van der Waals surface area contributed by atoms with E-state index in [1.807, 2.05) is 6.20 Å². The van der Waals surface area contributed by atoms with Crippen molar-refractivity contribution in [3.8, 4) is 0 Å². The number of nitrogens with one attached hydrogen (secondary N) is 1. The first-order valence-corrected chi connectivity index (χ1v) is 8.90. The number of halogens is 1. The van der Waals surface area contributed by atoms with Crippen LogP contribution < -0.4 is 10.2 Å². The van der Waals surface area contributed by atoms with Crippen LogP contribution in [0.25, 0.3) is 0 Å². The molecule has 1 unspecified atom stereocenters. The summed E-state index contributed by atoms with van der Waals surface area (Å²) in [6.07, 6.45) is 3.05. The second kappa shape index (κ2) is 7.92. The van der Waals surface area contributed by atoms with Gasteiger partial charge in [-0.1, -0.05) is 6.92 Å². The molecule has 1 atom stereocenters. The molecule has 0 aliphatic heterocycles. The predicted molar refractivity (Wildman–Crippen MR) is 95.1 cm³/mol. The van der Waals surface area contributed by atoms with Crippen molar-refractivity contribution in [1.82, 2.24) is 10.3 Å². The Kier molecular flexibility index (Phi) is 6.21. The van der Waals surface area contributed by atoms with Crippen molar-refractivity contribution < 1.29 is 0 Å². The summed E-state index contributed by atoms with van der Waals surface area (Å²) in [6.45, 7) is 6.29. The molecule has 21 heavy (non-hydrogen) atoms. The summed E-state index contributed by atoms with van der Waals surface area (Å²) in [5.74, 6) is 1.01. The number of hydrogen-bond acceptors (Lipinski definition) is 4. The highest BCUT2D eigenvalue weighted by molar-refractivity contribution is 9.11. The third-order valence-electron chi connectivity index (χ3n) is 3.40. The molecule has 0 fully saturated rings. The number of rotatable bonds is 7. The molecule has 5 heteroatoms. The van der Waals surface area contributed by atoms with Gasteiger partial charge in [-0.05, 0) is 70.5 Å². The van der Waals surface area contributed by atoms with E-state index >= 15 is 0 Å². The van der Waals surface area contributed by atoms with Crippen LogP contribution in [0.5, 0.6) is 0 Å². The minimum atomic E-state index is 0.357. The van der Waals surface area contributed by atoms with Crippen LogP contribution in [-0.4, -0.2) is 18.6 Å². The Hall–Kier alpha value is -0.910. The lowest BCUT2D eigenvalue weighted by Crippen LogP contribution is -2.21. The van der Waals surface area contributed by atoms with Crippen LogP contribution in [0.1, 0.15) is 37.4 Å². The SMILES string of the molecule is CCCNC(C)c1ccnc(N(C)Cc2csc(Br)c2)c1. The van der Waals surface area contributed by atoms with E-state index < -0.39 is 0 Å². The summed E-state index contributed by atoms with van der Waals surface area (Å²) in [4.78, 5) is 6.68. The minimum Gasteiger partial charge on any atom is -0.355 e. The van der Waals surface area contributed by atoms with E-state index in [9.17, 15) is 0 Å². The second-order valence-electron chi connectivity index (χ2n) is 5.24. The summed E-state index contributed by atoms with van der Waals surface area (Å²) in [5.41, 5.74) is 2.59. The van der Waals surface area contributed by atoms with Gasteiger partial charge in [-0.15, -0.1) is 11.3 Å². The quantitative estimate of drug-likeness (QED) is 0.774. The van der Waals surface area contributed by atoms with Gasteiger partial charge in [0.05, 0.1) is 3.79 Å². The normalized spacial score (nSPS) is 12.4. The second-order valence-corrected chi connectivity index (χ2v) is 7.53. The molecule has 114 valence electrons. The van der Waals surface area contributed by atoms with Crippen molar-refractivity contribution in [3.05, 3.63) is 44.7 Å². The van der Waals surface area contributed by atoms with Crippen LogP contribution in [0, 0.1) is 0 Å². The molecular weight excluding hydrogens is 346 g/mol. The zero-order valence-corrected chi connectivity index (χ0v) is 15.2. The number of aromatic nitrogens is 1. The van der Waals surface area contributed by atoms with Gasteiger partial charge in [0.1, 0.15) is 5.82 Å². The Labute approximate surface area is 139 Å². The van der Waals surface area contributed by atoms with Gasteiger partial charge in [-0.3, -0.25) is 0 Å². The Morgan fingerprint density at radius 1 is 1.43 bits per heavy atom. The zero-order valence-electron chi connectivity index (χ0n) is 12.8. The molecular formula is C16H22BrN3S. The van der Waals surface area contributed by atoms with Gasteiger partial charge in [0.15, 0.2) is 0 Å². The molecule has 0 amide bonds. The van der Waals surface area contributed by atoms with Crippen molar-refractivity contribution >= 4 is 33.1 Å². The van der Waals surface area contributed by atoms with E-state index in [2.05, 4.69) is 75.6 Å². The van der Waals surface area contributed by atoms with Crippen LogP contribution in [0.4, 0.5) is 5.82 Å². The third-order valence-corrected chi connectivity index (χ3v) is 4.96. The molecule has 0 aliphatic rings. The van der Waals surface area contributed by atoms with Crippen molar-refractivity contribution in [3.63, 3.8) is 0 Å². The maximum atomic E-state index is 4.49. The molecule has 0 aliphatic carbocycles. The first-order valence-electron chi connectivity index (χ1n) is 7.23. The van der Waals surface area contributed by atoms with Gasteiger partial charge in [0.2, 0.25) is 0 Å². The fraction of sp³-hybridized carbons (Fsp3) is 0.438. The molecule has 0 bridgehead atoms. The molecule has 2 aromatic heterocycles. The van der Waals surface area contributed by atoms with E-state index in [1.54, 1.807) is 11.3 Å². The maximum Gasteiger partial charge on any atom is 0.128 e. The number of pyridine rings is 1. The van der Waals surface area contributed by atoms with Gasteiger partial charge in [-0.2, -0.15) is 0 Å². The molecule has 3 nitrogen and oxygen atoms in total. The fourth-order valence-electron chi connectivity index (χ4n) is 2.17. The fourth-order valence-corrected chi connectivity index (χ4v) is 3.37. The Balaban J connectivity index is 2.05. The van der Waals surface area contributed by atoms with Crippen molar-refractivity contribution in [2.75, 3.05) is 18.5 Å². The number of anilines is 1. The molecule has 0 saturated carbocycles. The zero-order chi connectivity index (χ0) is 15.2. The Bertz CT molecular complexity index is 570. The van der Waals surface area contributed by atoms with E-state index in [0.717, 1.165) is 25.3 Å². The van der Waals surface area contributed by atoms with E-state index in [0.29, 0.717) is 6.04 Å². The van der Waals surface area contributed by atoms with E-state index in [-0.39, 0.29) is 0 Å². The molecule has 2 heterocycles. The molecule has 2 rings (SSSR count). The summed E-state index contributed by atoms with van der Waals surface area (Å²) in [6, 6.07) is 6.78. The van der Waals surface area contributed by atoms with Gasteiger partial charge in [0, 0.05) is 25.8 Å². The average Bonchev–Trinajstić information content (AvgIpc) is 2.90. The van der Waals surface area contributed by atoms with Crippen molar-refractivity contribution in [2.24, 2.45) is 0 Å². The summed E-state index contributed by atoms with van der Waals surface area (Å²) >= 11 is 5.23. The number of nitrogens with zero attached hydrogens (tertiary/aromatic N) is 2. The molecule has 1 N–H and O–H groups in total. The van der Waals surface area contributed by atoms with Gasteiger partial charge in [-0.25, -0.2) is 4.98 Å². The third kappa shape index (κ3) is 4.80. The minimum absolute atomic E-state index is 0.357. The first-order chi connectivity index (χ1) is 10.1. The van der Waals surface area contributed by atoms with Gasteiger partial charge >= 0.3 is 0 Å². The van der Waals surface area contributed by atoms with Crippen LogP contribution in [0.3, 0.4) is 0 Å². The summed E-state index contributed by atoms with van der Waals surface area (Å²) in [7, 11) is 2.09. The van der Waals surface area contributed by atoms with Crippen molar-refractivity contribution in [1.29, 1.82) is 0 Å². The van der Waals surface area contributed by atoms with Crippen LogP contribution in [-0.2, 0) is 6.54 Å². The molecule has 0 spiro atoms. The molecule has 0 aromatic carbocycles. The lowest BCUT2D eigenvalue weighted by Gasteiger charge is -2.20. The molecule has 0 radical (unpaired) electrons. The maximum absolute atomic E-state index is 4.49. The van der Waals surface area contributed by atoms with Gasteiger partial charge < -0.3 is 10.2 Å². The Morgan fingerprint density at radius 3 is 2.90 bits per heavy atom. The first kappa shape index (κ1) is 16.5. The largest absolute Gasteiger partial charge is 0.355 e. The lowest BCUT2D eigenvalue weighted by molar-refractivity contribution is 0.570. The lowest BCUT2D eigenvalue weighted by atomic mass is 10.1. The van der Waals surface area contributed by atoms with E-state index in [4.69, 9.17) is 0 Å². The molecule has 2 aromatic rings. The number of thiophene rings is 1. The van der Waals surface area contributed by atoms with Crippen LogP contribution >= 0.6 is 27.3 Å². The highest BCUT2D eigenvalue weighted by atomic mass is 79.9. The van der Waals surface area contributed by atoms with Gasteiger partial charge in [0.25, 0.3) is 0 Å². The highest BCUT2D eigenvalue weighted by Crippen LogP contribution is 2.23. The highest BCUT2D eigenvalue weighted by Gasteiger charge is 2.09. The standard InChI is InChI=1S/C16H22BrN3S/c1-4-6-18-12(2)14-5-7-19-16(9-14)20(3)10-13-8-15(17)21-11-13/h5,7-9,11-12,18H,4,6,10H2,1-3H3. The van der Waals surface area contributed by atoms with Crippen molar-refractivity contribution in [2.45, 2.75) is 32.9 Å².